The third kappa shape index (κ3) is 4.61. The van der Waals surface area contributed by atoms with Crippen molar-refractivity contribution in [1.29, 1.82) is 0 Å². The Morgan fingerprint density at radius 1 is 1.08 bits per heavy atom. The summed E-state index contributed by atoms with van der Waals surface area (Å²) < 4.78 is 24.9. The van der Waals surface area contributed by atoms with Gasteiger partial charge in [0.2, 0.25) is 0 Å². The molecule has 0 N–H and O–H groups in total. The van der Waals surface area contributed by atoms with Gasteiger partial charge >= 0.3 is 5.97 Å². The molecular formula is C28H23BrN2O6S. The van der Waals surface area contributed by atoms with Gasteiger partial charge in [0.25, 0.3) is 5.56 Å². The van der Waals surface area contributed by atoms with E-state index in [2.05, 4.69) is 20.9 Å². The van der Waals surface area contributed by atoms with Gasteiger partial charge in [-0.25, -0.2) is 9.79 Å². The lowest BCUT2D eigenvalue weighted by atomic mass is 9.95. The highest BCUT2D eigenvalue weighted by molar-refractivity contribution is 9.10. The summed E-state index contributed by atoms with van der Waals surface area (Å²) in [5.74, 6) is 1.67. The number of rotatable bonds is 6. The molecule has 0 radical (unpaired) electrons. The Balaban J connectivity index is 1.67. The van der Waals surface area contributed by atoms with Crippen molar-refractivity contribution < 1.29 is 23.4 Å². The number of benzene rings is 2. The van der Waals surface area contributed by atoms with Gasteiger partial charge < -0.3 is 18.6 Å². The van der Waals surface area contributed by atoms with E-state index in [1.165, 1.54) is 30.1 Å². The molecule has 0 spiro atoms. The highest BCUT2D eigenvalue weighted by atomic mass is 79.9. The molecule has 0 fully saturated rings. The smallest absolute Gasteiger partial charge is 0.338 e. The zero-order valence-corrected chi connectivity index (χ0v) is 23.4. The van der Waals surface area contributed by atoms with Gasteiger partial charge in [-0.1, -0.05) is 39.4 Å². The number of ether oxygens (including phenoxy) is 3. The van der Waals surface area contributed by atoms with Crippen molar-refractivity contribution in [3.05, 3.63) is 101 Å². The first kappa shape index (κ1) is 25.7. The van der Waals surface area contributed by atoms with E-state index in [4.69, 9.17) is 18.6 Å². The highest BCUT2D eigenvalue weighted by Gasteiger charge is 2.35. The Kier molecular flexibility index (Phi) is 7.09. The maximum atomic E-state index is 13.8. The number of furan rings is 1. The first-order valence-corrected chi connectivity index (χ1v) is 13.1. The van der Waals surface area contributed by atoms with E-state index in [0.717, 1.165) is 10.0 Å². The molecule has 1 aliphatic rings. The van der Waals surface area contributed by atoms with Gasteiger partial charge in [0.15, 0.2) is 4.80 Å². The van der Waals surface area contributed by atoms with Crippen LogP contribution in [0.3, 0.4) is 0 Å². The largest absolute Gasteiger partial charge is 0.497 e. The average molecular weight is 595 g/mol. The fourth-order valence-corrected chi connectivity index (χ4v) is 5.65. The Hall–Kier alpha value is -3.89. The number of methoxy groups -OCH3 is 3. The Bertz CT molecular complexity index is 1750. The third-order valence-electron chi connectivity index (χ3n) is 6.19. The highest BCUT2D eigenvalue weighted by Crippen LogP contribution is 2.37. The molecule has 0 amide bonds. The van der Waals surface area contributed by atoms with Crippen molar-refractivity contribution in [3.8, 4) is 22.8 Å². The second-order valence-corrected chi connectivity index (χ2v) is 10.3. The van der Waals surface area contributed by atoms with Gasteiger partial charge in [0.1, 0.15) is 29.1 Å². The summed E-state index contributed by atoms with van der Waals surface area (Å²) in [5, 5.41) is 0. The first-order valence-electron chi connectivity index (χ1n) is 11.5. The lowest BCUT2D eigenvalue weighted by Crippen LogP contribution is -2.40. The predicted octanol–water partition coefficient (Wildman–Crippen LogP) is 4.45. The minimum absolute atomic E-state index is 0.255. The van der Waals surface area contributed by atoms with Crippen LogP contribution >= 0.6 is 27.3 Å². The number of esters is 1. The SMILES string of the molecule is COC(=O)C1=C(C)N=c2s/c(=C/c3ccc(-c4ccc(Br)cc4)o3)c(=O)n2C1c1ccc(OC)cc1OC. The van der Waals surface area contributed by atoms with Crippen molar-refractivity contribution in [2.75, 3.05) is 21.3 Å². The number of halogens is 1. The van der Waals surface area contributed by atoms with Crippen molar-refractivity contribution >= 4 is 39.3 Å². The van der Waals surface area contributed by atoms with Crippen LogP contribution in [0.5, 0.6) is 11.5 Å². The molecule has 10 heteroatoms. The van der Waals surface area contributed by atoms with Crippen LogP contribution in [0.4, 0.5) is 0 Å². The van der Waals surface area contributed by atoms with E-state index in [9.17, 15) is 9.59 Å². The quantitative estimate of drug-likeness (QED) is 0.306. The van der Waals surface area contributed by atoms with Gasteiger partial charge in [0, 0.05) is 27.7 Å². The van der Waals surface area contributed by atoms with E-state index in [1.54, 1.807) is 38.3 Å². The Labute approximate surface area is 230 Å². The summed E-state index contributed by atoms with van der Waals surface area (Å²) in [5.41, 5.74) is 1.92. The Morgan fingerprint density at radius 3 is 2.53 bits per heavy atom. The molecule has 1 unspecified atom stereocenters. The third-order valence-corrected chi connectivity index (χ3v) is 7.70. The minimum atomic E-state index is -0.809. The molecule has 1 aliphatic heterocycles. The van der Waals surface area contributed by atoms with Crippen LogP contribution in [-0.4, -0.2) is 31.9 Å². The number of thiazole rings is 1. The maximum Gasteiger partial charge on any atom is 0.338 e. The fraction of sp³-hybridized carbons (Fsp3) is 0.179. The van der Waals surface area contributed by atoms with Gasteiger partial charge in [-0.05, 0) is 43.3 Å². The van der Waals surface area contributed by atoms with Crippen molar-refractivity contribution in [2.45, 2.75) is 13.0 Å². The van der Waals surface area contributed by atoms with E-state index in [-0.39, 0.29) is 11.1 Å². The minimum Gasteiger partial charge on any atom is -0.497 e. The van der Waals surface area contributed by atoms with Crippen LogP contribution in [0.2, 0.25) is 0 Å². The lowest BCUT2D eigenvalue weighted by Gasteiger charge is -2.25. The number of hydrogen-bond acceptors (Lipinski definition) is 8. The summed E-state index contributed by atoms with van der Waals surface area (Å²) in [6.45, 7) is 1.73. The van der Waals surface area contributed by atoms with Gasteiger partial charge in [-0.15, -0.1) is 0 Å². The molecule has 0 saturated carbocycles. The van der Waals surface area contributed by atoms with E-state index < -0.39 is 12.0 Å². The predicted molar refractivity (Wildman–Crippen MR) is 147 cm³/mol. The van der Waals surface area contributed by atoms with Gasteiger partial charge in [0.05, 0.1) is 37.1 Å². The molecule has 5 rings (SSSR count). The van der Waals surface area contributed by atoms with Crippen molar-refractivity contribution in [3.63, 3.8) is 0 Å². The molecule has 8 nitrogen and oxygen atoms in total. The number of carbonyl (C=O) groups excluding carboxylic acids is 1. The van der Waals surface area contributed by atoms with E-state index in [1.807, 2.05) is 36.4 Å². The zero-order chi connectivity index (χ0) is 27.0. The van der Waals surface area contributed by atoms with Crippen LogP contribution < -0.4 is 24.4 Å². The number of hydrogen-bond donors (Lipinski definition) is 0. The molecule has 194 valence electrons. The second kappa shape index (κ2) is 10.5. The molecule has 4 aromatic rings. The number of allylic oxidation sites excluding steroid dienone is 1. The summed E-state index contributed by atoms with van der Waals surface area (Å²) >= 11 is 4.65. The Morgan fingerprint density at radius 2 is 1.84 bits per heavy atom. The molecule has 1 atom stereocenters. The van der Waals surface area contributed by atoms with Gasteiger partial charge in [-0.2, -0.15) is 0 Å². The van der Waals surface area contributed by atoms with Crippen LogP contribution in [0.1, 0.15) is 24.3 Å². The van der Waals surface area contributed by atoms with Crippen molar-refractivity contribution in [2.24, 2.45) is 4.99 Å². The molecule has 2 aromatic carbocycles. The summed E-state index contributed by atoms with van der Waals surface area (Å²) in [6, 6.07) is 15.9. The molecule has 3 heterocycles. The maximum absolute atomic E-state index is 13.8. The second-order valence-electron chi connectivity index (χ2n) is 8.39. The van der Waals surface area contributed by atoms with E-state index in [0.29, 0.717) is 43.6 Å². The number of fused-ring (bicyclic) bond motifs is 1. The lowest BCUT2D eigenvalue weighted by molar-refractivity contribution is -0.136. The van der Waals surface area contributed by atoms with Crippen LogP contribution in [-0.2, 0) is 9.53 Å². The van der Waals surface area contributed by atoms with Gasteiger partial charge in [-0.3, -0.25) is 9.36 Å². The summed E-state index contributed by atoms with van der Waals surface area (Å²) in [7, 11) is 4.38. The van der Waals surface area contributed by atoms with Crippen LogP contribution in [0.25, 0.3) is 17.4 Å². The first-order chi connectivity index (χ1) is 18.3. The fourth-order valence-electron chi connectivity index (χ4n) is 4.36. The molecule has 0 aliphatic carbocycles. The summed E-state index contributed by atoms with van der Waals surface area (Å²) in [4.78, 5) is 31.8. The topological polar surface area (TPSA) is 92.3 Å². The normalized spacial score (nSPS) is 15.2. The average Bonchev–Trinajstić information content (AvgIpc) is 3.51. The number of carbonyl (C=O) groups is 1. The van der Waals surface area contributed by atoms with Crippen molar-refractivity contribution in [1.82, 2.24) is 4.57 Å². The zero-order valence-electron chi connectivity index (χ0n) is 21.0. The van der Waals surface area contributed by atoms with Crippen LogP contribution in [0.15, 0.2) is 84.5 Å². The summed E-state index contributed by atoms with van der Waals surface area (Å²) in [6.07, 6.45) is 1.69. The molecule has 0 bridgehead atoms. The molecule has 38 heavy (non-hydrogen) atoms. The molecule has 0 saturated heterocycles. The molecular weight excluding hydrogens is 572 g/mol. The standard InChI is InChI=1S/C28H23BrN2O6S/c1-15-24(27(33)36-4)25(20-11-9-18(34-2)13-22(20)35-3)31-26(32)23(38-28(31)30-15)14-19-10-12-21(37-19)16-5-7-17(29)8-6-16/h5-14,25H,1-4H3/b23-14+. The number of aromatic nitrogens is 1. The molecule has 2 aromatic heterocycles. The van der Waals surface area contributed by atoms with E-state index >= 15 is 0 Å². The number of nitrogens with zero attached hydrogens (tertiary/aromatic N) is 2. The van der Waals surface area contributed by atoms with Crippen LogP contribution in [0, 0.1) is 0 Å². The monoisotopic (exact) mass is 594 g/mol.